The maximum atomic E-state index is 11.3. The molecule has 0 aliphatic rings. The van der Waals surface area contributed by atoms with Crippen LogP contribution in [0.4, 0.5) is 0 Å². The number of benzene rings is 1. The van der Waals surface area contributed by atoms with Crippen LogP contribution in [-0.2, 0) is 14.9 Å². The zero-order chi connectivity index (χ0) is 12.2. The first kappa shape index (κ1) is 12.7. The fraction of sp³-hybridized carbons (Fsp3) is 0.300. The van der Waals surface area contributed by atoms with Gasteiger partial charge in [-0.2, -0.15) is 8.42 Å². The molecule has 0 heterocycles. The number of esters is 1. The van der Waals surface area contributed by atoms with Crippen molar-refractivity contribution in [2.45, 2.75) is 18.2 Å². The van der Waals surface area contributed by atoms with E-state index in [0.29, 0.717) is 6.61 Å². The summed E-state index contributed by atoms with van der Waals surface area (Å²) in [5.74, 6) is -0.510. The zero-order valence-electron chi connectivity index (χ0n) is 8.71. The van der Waals surface area contributed by atoms with Gasteiger partial charge in [-0.1, -0.05) is 6.92 Å². The van der Waals surface area contributed by atoms with E-state index in [1.54, 1.807) is 0 Å². The third-order valence-corrected chi connectivity index (χ3v) is 2.69. The van der Waals surface area contributed by atoms with Gasteiger partial charge in [0, 0.05) is 0 Å². The highest BCUT2D eigenvalue weighted by Gasteiger charge is 2.11. The summed E-state index contributed by atoms with van der Waals surface area (Å²) in [7, 11) is -4.21. The van der Waals surface area contributed by atoms with Gasteiger partial charge in [0.15, 0.2) is 0 Å². The second kappa shape index (κ2) is 5.09. The maximum Gasteiger partial charge on any atom is 0.338 e. The molecule has 0 bridgehead atoms. The minimum atomic E-state index is -4.21. The van der Waals surface area contributed by atoms with Crippen molar-refractivity contribution < 1.29 is 22.5 Å². The fourth-order valence-electron chi connectivity index (χ4n) is 1.04. The van der Waals surface area contributed by atoms with Gasteiger partial charge in [0.25, 0.3) is 10.1 Å². The topological polar surface area (TPSA) is 80.7 Å². The summed E-state index contributed by atoms with van der Waals surface area (Å²) >= 11 is 0. The first-order valence-electron chi connectivity index (χ1n) is 4.70. The van der Waals surface area contributed by atoms with E-state index in [-0.39, 0.29) is 10.5 Å². The summed E-state index contributed by atoms with van der Waals surface area (Å²) in [5.41, 5.74) is 0.251. The molecular weight excluding hydrogens is 232 g/mol. The van der Waals surface area contributed by atoms with Crippen LogP contribution in [0.15, 0.2) is 29.2 Å². The smallest absolute Gasteiger partial charge is 0.338 e. The Balaban J connectivity index is 2.83. The minimum absolute atomic E-state index is 0.250. The maximum absolute atomic E-state index is 11.3. The lowest BCUT2D eigenvalue weighted by Gasteiger charge is -2.03. The third-order valence-electron chi connectivity index (χ3n) is 1.83. The Hall–Kier alpha value is -1.40. The molecule has 0 radical (unpaired) electrons. The molecule has 0 unspecified atom stereocenters. The molecule has 1 aromatic rings. The van der Waals surface area contributed by atoms with Crippen molar-refractivity contribution in [1.29, 1.82) is 0 Å². The van der Waals surface area contributed by atoms with E-state index in [1.807, 2.05) is 6.92 Å². The number of carbonyl (C=O) groups excluding carboxylic acids is 1. The van der Waals surface area contributed by atoms with Gasteiger partial charge in [-0.3, -0.25) is 4.55 Å². The summed E-state index contributed by atoms with van der Waals surface area (Å²) in [6, 6.07) is 4.89. The Kier molecular flexibility index (Phi) is 4.03. The normalized spacial score (nSPS) is 11.1. The van der Waals surface area contributed by atoms with Crippen LogP contribution in [0.25, 0.3) is 0 Å². The summed E-state index contributed by atoms with van der Waals surface area (Å²) in [6.07, 6.45) is 0.717. The zero-order valence-corrected chi connectivity index (χ0v) is 9.53. The lowest BCUT2D eigenvalue weighted by Crippen LogP contribution is -2.06. The Labute approximate surface area is 93.8 Å². The molecule has 0 saturated carbocycles. The van der Waals surface area contributed by atoms with E-state index in [0.717, 1.165) is 18.6 Å². The lowest BCUT2D eigenvalue weighted by atomic mass is 10.2. The van der Waals surface area contributed by atoms with Crippen molar-refractivity contribution in [1.82, 2.24) is 0 Å². The van der Waals surface area contributed by atoms with Crippen molar-refractivity contribution in [3.8, 4) is 0 Å². The summed E-state index contributed by atoms with van der Waals surface area (Å²) in [5, 5.41) is 0. The molecule has 6 heteroatoms. The first-order valence-corrected chi connectivity index (χ1v) is 6.14. The van der Waals surface area contributed by atoms with Gasteiger partial charge in [-0.15, -0.1) is 0 Å². The van der Waals surface area contributed by atoms with Gasteiger partial charge in [0.05, 0.1) is 17.1 Å². The molecular formula is C10H12O5S. The molecule has 0 saturated heterocycles. The second-order valence-electron chi connectivity index (χ2n) is 3.14. The molecule has 1 N–H and O–H groups in total. The SMILES string of the molecule is CCCOC(=O)c1ccc(S(=O)(=O)O)cc1. The van der Waals surface area contributed by atoms with Gasteiger partial charge >= 0.3 is 5.97 Å². The van der Waals surface area contributed by atoms with Crippen LogP contribution in [0.2, 0.25) is 0 Å². The van der Waals surface area contributed by atoms with Crippen molar-refractivity contribution in [3.05, 3.63) is 29.8 Å². The van der Waals surface area contributed by atoms with Crippen LogP contribution in [-0.4, -0.2) is 25.5 Å². The van der Waals surface area contributed by atoms with Crippen LogP contribution in [0.3, 0.4) is 0 Å². The average molecular weight is 244 g/mol. The summed E-state index contributed by atoms with van der Waals surface area (Å²) in [6.45, 7) is 2.19. The lowest BCUT2D eigenvalue weighted by molar-refractivity contribution is 0.0505. The van der Waals surface area contributed by atoms with E-state index in [9.17, 15) is 13.2 Å². The van der Waals surface area contributed by atoms with E-state index < -0.39 is 16.1 Å². The molecule has 0 fully saturated rings. The second-order valence-corrected chi connectivity index (χ2v) is 4.56. The number of rotatable bonds is 4. The number of hydrogen-bond acceptors (Lipinski definition) is 4. The Bertz CT molecular complexity index is 460. The highest BCUT2D eigenvalue weighted by molar-refractivity contribution is 7.85. The van der Waals surface area contributed by atoms with E-state index in [4.69, 9.17) is 9.29 Å². The Morgan fingerprint density at radius 3 is 2.31 bits per heavy atom. The molecule has 88 valence electrons. The molecule has 16 heavy (non-hydrogen) atoms. The fourth-order valence-corrected chi connectivity index (χ4v) is 1.52. The van der Waals surface area contributed by atoms with Crippen LogP contribution in [0, 0.1) is 0 Å². The van der Waals surface area contributed by atoms with Gasteiger partial charge < -0.3 is 4.74 Å². The van der Waals surface area contributed by atoms with Crippen molar-refractivity contribution in [2.75, 3.05) is 6.61 Å². The summed E-state index contributed by atoms with van der Waals surface area (Å²) in [4.78, 5) is 11.1. The molecule has 1 aromatic carbocycles. The Morgan fingerprint density at radius 2 is 1.88 bits per heavy atom. The molecule has 0 aliphatic heterocycles. The van der Waals surface area contributed by atoms with Crippen molar-refractivity contribution in [2.24, 2.45) is 0 Å². The monoisotopic (exact) mass is 244 g/mol. The minimum Gasteiger partial charge on any atom is -0.462 e. The number of carbonyl (C=O) groups is 1. The van der Waals surface area contributed by atoms with E-state index in [2.05, 4.69) is 0 Å². The highest BCUT2D eigenvalue weighted by Crippen LogP contribution is 2.10. The molecule has 5 nitrogen and oxygen atoms in total. The van der Waals surface area contributed by atoms with Crippen LogP contribution >= 0.6 is 0 Å². The van der Waals surface area contributed by atoms with E-state index in [1.165, 1.54) is 12.1 Å². The standard InChI is InChI=1S/C10H12O5S/c1-2-7-15-10(11)8-3-5-9(6-4-8)16(12,13)14/h3-6H,2,7H2,1H3,(H,12,13,14). The van der Waals surface area contributed by atoms with Gasteiger partial charge in [-0.05, 0) is 30.7 Å². The van der Waals surface area contributed by atoms with Crippen LogP contribution in [0.1, 0.15) is 23.7 Å². The van der Waals surface area contributed by atoms with Crippen molar-refractivity contribution >= 4 is 16.1 Å². The molecule has 0 amide bonds. The third kappa shape index (κ3) is 3.32. The van der Waals surface area contributed by atoms with Crippen LogP contribution in [0.5, 0.6) is 0 Å². The predicted molar refractivity (Wildman–Crippen MR) is 56.8 cm³/mol. The van der Waals surface area contributed by atoms with Gasteiger partial charge in [0.2, 0.25) is 0 Å². The number of hydrogen-bond donors (Lipinski definition) is 1. The van der Waals surface area contributed by atoms with E-state index >= 15 is 0 Å². The molecule has 0 atom stereocenters. The largest absolute Gasteiger partial charge is 0.462 e. The highest BCUT2D eigenvalue weighted by atomic mass is 32.2. The quantitative estimate of drug-likeness (QED) is 0.641. The first-order chi connectivity index (χ1) is 7.45. The molecule has 0 spiro atoms. The average Bonchev–Trinajstić information content (AvgIpc) is 2.25. The van der Waals surface area contributed by atoms with Gasteiger partial charge in [0.1, 0.15) is 0 Å². The molecule has 0 aromatic heterocycles. The van der Waals surface area contributed by atoms with Crippen LogP contribution < -0.4 is 0 Å². The molecule has 0 aliphatic carbocycles. The van der Waals surface area contributed by atoms with Crippen molar-refractivity contribution in [3.63, 3.8) is 0 Å². The predicted octanol–water partition coefficient (Wildman–Crippen LogP) is 1.50. The number of ether oxygens (including phenoxy) is 1. The molecule has 1 rings (SSSR count). The Morgan fingerprint density at radius 1 is 1.31 bits per heavy atom. The van der Waals surface area contributed by atoms with Gasteiger partial charge in [-0.25, -0.2) is 4.79 Å². The summed E-state index contributed by atoms with van der Waals surface area (Å²) < 4.78 is 35.0.